The molecule has 0 fully saturated rings. The molecule has 6 heteroatoms. The van der Waals surface area contributed by atoms with Gasteiger partial charge in [-0.1, -0.05) is 37.6 Å². The molecule has 0 aromatic heterocycles. The van der Waals surface area contributed by atoms with E-state index in [9.17, 15) is 22.0 Å². The number of hydrogen-bond acceptors (Lipinski definition) is 1. The van der Waals surface area contributed by atoms with Crippen molar-refractivity contribution in [1.82, 2.24) is 0 Å². The van der Waals surface area contributed by atoms with Gasteiger partial charge in [0.25, 0.3) is 0 Å². The average molecular weight is 296 g/mol. The van der Waals surface area contributed by atoms with E-state index in [0.717, 1.165) is 25.5 Å². The van der Waals surface area contributed by atoms with E-state index in [1.165, 1.54) is 12.1 Å². The van der Waals surface area contributed by atoms with Gasteiger partial charge < -0.3 is 4.74 Å². The molecule has 0 aliphatic carbocycles. The summed E-state index contributed by atoms with van der Waals surface area (Å²) >= 11 is 0. The fourth-order valence-corrected chi connectivity index (χ4v) is 1.87. The van der Waals surface area contributed by atoms with Gasteiger partial charge in [0.2, 0.25) is 0 Å². The lowest BCUT2D eigenvalue weighted by Gasteiger charge is -2.24. The van der Waals surface area contributed by atoms with Crippen LogP contribution in [0.25, 0.3) is 0 Å². The maximum Gasteiger partial charge on any atom is 0.453 e. The van der Waals surface area contributed by atoms with E-state index in [1.807, 2.05) is 6.92 Å². The lowest BCUT2D eigenvalue weighted by molar-refractivity contribution is -0.291. The minimum atomic E-state index is -5.56. The van der Waals surface area contributed by atoms with Crippen LogP contribution in [0.2, 0.25) is 0 Å². The highest BCUT2D eigenvalue weighted by Gasteiger charge is 2.58. The molecular formula is C14H17F5O. The predicted molar refractivity (Wildman–Crippen MR) is 65.8 cm³/mol. The van der Waals surface area contributed by atoms with Gasteiger partial charge in [0.05, 0.1) is 12.5 Å². The Morgan fingerprint density at radius 2 is 1.60 bits per heavy atom. The van der Waals surface area contributed by atoms with Crippen molar-refractivity contribution in [2.24, 2.45) is 0 Å². The van der Waals surface area contributed by atoms with E-state index < -0.39 is 24.6 Å². The van der Waals surface area contributed by atoms with Gasteiger partial charge in [-0.3, -0.25) is 0 Å². The van der Waals surface area contributed by atoms with Crippen molar-refractivity contribution in [3.8, 4) is 0 Å². The van der Waals surface area contributed by atoms with Gasteiger partial charge in [-0.25, -0.2) is 0 Å². The first-order valence-electron chi connectivity index (χ1n) is 6.27. The molecule has 1 aromatic rings. The minimum absolute atomic E-state index is 0.316. The summed E-state index contributed by atoms with van der Waals surface area (Å²) in [4.78, 5) is 0. The zero-order valence-electron chi connectivity index (χ0n) is 11.3. The van der Waals surface area contributed by atoms with Crippen molar-refractivity contribution >= 4 is 0 Å². The summed E-state index contributed by atoms with van der Waals surface area (Å²) in [6.07, 6.45) is -6.51. The third kappa shape index (κ3) is 4.16. The number of ether oxygens (including phenoxy) is 1. The van der Waals surface area contributed by atoms with E-state index in [4.69, 9.17) is 4.74 Å². The highest BCUT2D eigenvalue weighted by atomic mass is 19.4. The number of rotatable bonds is 6. The molecule has 0 bridgehead atoms. The topological polar surface area (TPSA) is 9.23 Å². The zero-order valence-corrected chi connectivity index (χ0v) is 11.3. The molecule has 0 amide bonds. The fourth-order valence-electron chi connectivity index (χ4n) is 1.87. The Hall–Kier alpha value is -1.17. The molecule has 1 nitrogen and oxygen atoms in total. The summed E-state index contributed by atoms with van der Waals surface area (Å²) in [7, 11) is 1.12. The number of aryl methyl sites for hydroxylation is 1. The van der Waals surface area contributed by atoms with Crippen molar-refractivity contribution in [2.75, 3.05) is 7.11 Å². The predicted octanol–water partition coefficient (Wildman–Crippen LogP) is 4.91. The normalized spacial score (nSPS) is 14.3. The van der Waals surface area contributed by atoms with Crippen molar-refractivity contribution in [3.63, 3.8) is 0 Å². The van der Waals surface area contributed by atoms with Crippen molar-refractivity contribution in [3.05, 3.63) is 35.4 Å². The molecule has 1 atom stereocenters. The molecule has 0 N–H and O–H groups in total. The van der Waals surface area contributed by atoms with E-state index >= 15 is 0 Å². The zero-order chi connectivity index (χ0) is 15.4. The summed E-state index contributed by atoms with van der Waals surface area (Å²) in [5, 5.41) is 0. The van der Waals surface area contributed by atoms with E-state index in [0.29, 0.717) is 5.56 Å². The number of alkyl halides is 5. The quantitative estimate of drug-likeness (QED) is 0.677. The van der Waals surface area contributed by atoms with Gasteiger partial charge >= 0.3 is 12.1 Å². The molecule has 20 heavy (non-hydrogen) atoms. The molecule has 0 radical (unpaired) electrons. The van der Waals surface area contributed by atoms with Crippen molar-refractivity contribution in [2.45, 2.75) is 44.4 Å². The monoisotopic (exact) mass is 296 g/mol. The molecule has 1 aromatic carbocycles. The Morgan fingerprint density at radius 1 is 1.05 bits per heavy atom. The van der Waals surface area contributed by atoms with E-state index in [1.54, 1.807) is 12.1 Å². The Balaban J connectivity index is 2.86. The van der Waals surface area contributed by atoms with Crippen LogP contribution in [0.1, 0.15) is 37.0 Å². The van der Waals surface area contributed by atoms with Gasteiger partial charge in [0.15, 0.2) is 0 Å². The largest absolute Gasteiger partial charge is 0.453 e. The third-order valence-corrected chi connectivity index (χ3v) is 3.03. The van der Waals surface area contributed by atoms with Crippen LogP contribution in [-0.4, -0.2) is 19.2 Å². The third-order valence-electron chi connectivity index (χ3n) is 3.03. The molecule has 0 saturated heterocycles. The maximum atomic E-state index is 13.0. The van der Waals surface area contributed by atoms with Crippen LogP contribution in [0.5, 0.6) is 0 Å². The number of methoxy groups -OCH3 is 1. The molecule has 0 saturated carbocycles. The van der Waals surface area contributed by atoms with Gasteiger partial charge in [-0.15, -0.1) is 0 Å². The van der Waals surface area contributed by atoms with Gasteiger partial charge in [-0.05, 0) is 17.5 Å². The summed E-state index contributed by atoms with van der Waals surface area (Å²) in [5.74, 6) is -4.77. The standard InChI is InChI=1S/C14H17F5O/c1-3-4-10-5-7-11(8-6-10)12(20-2)9-13(15,16)14(17,18)19/h5-8,12H,3-4,9H2,1-2H3. The first-order chi connectivity index (χ1) is 9.21. The summed E-state index contributed by atoms with van der Waals surface area (Å²) in [6.45, 7) is 2.00. The van der Waals surface area contributed by atoms with Crippen LogP contribution in [-0.2, 0) is 11.2 Å². The molecule has 1 unspecified atom stereocenters. The molecule has 0 spiro atoms. The van der Waals surface area contributed by atoms with Crippen LogP contribution in [0.4, 0.5) is 22.0 Å². The van der Waals surface area contributed by atoms with Crippen LogP contribution >= 0.6 is 0 Å². The smallest absolute Gasteiger partial charge is 0.377 e. The summed E-state index contributed by atoms with van der Waals surface area (Å²) in [6, 6.07) is 6.50. The highest BCUT2D eigenvalue weighted by Crippen LogP contribution is 2.42. The van der Waals surface area contributed by atoms with Gasteiger partial charge in [0, 0.05) is 7.11 Å². The van der Waals surface area contributed by atoms with Crippen LogP contribution in [0.3, 0.4) is 0 Å². The molecule has 0 aliphatic rings. The fraction of sp³-hybridized carbons (Fsp3) is 0.571. The summed E-state index contributed by atoms with van der Waals surface area (Å²) in [5.41, 5.74) is 1.32. The second-order valence-electron chi connectivity index (χ2n) is 4.62. The molecule has 0 aliphatic heterocycles. The Bertz CT molecular complexity index is 411. The number of hydrogen-bond donors (Lipinski definition) is 0. The first-order valence-corrected chi connectivity index (χ1v) is 6.27. The average Bonchev–Trinajstić information content (AvgIpc) is 2.36. The summed E-state index contributed by atoms with van der Waals surface area (Å²) < 4.78 is 67.5. The van der Waals surface area contributed by atoms with Gasteiger partial charge in [-0.2, -0.15) is 22.0 Å². The molecule has 1 rings (SSSR count). The Labute approximate surface area is 114 Å². The van der Waals surface area contributed by atoms with E-state index in [2.05, 4.69) is 0 Å². The highest BCUT2D eigenvalue weighted by molar-refractivity contribution is 5.24. The van der Waals surface area contributed by atoms with Crippen molar-refractivity contribution < 1.29 is 26.7 Å². The Morgan fingerprint density at radius 3 is 2.00 bits per heavy atom. The second kappa shape index (κ2) is 6.52. The number of halogens is 5. The van der Waals surface area contributed by atoms with Crippen LogP contribution in [0, 0.1) is 0 Å². The first kappa shape index (κ1) is 16.9. The van der Waals surface area contributed by atoms with Crippen LogP contribution < -0.4 is 0 Å². The van der Waals surface area contributed by atoms with E-state index in [-0.39, 0.29) is 0 Å². The maximum absolute atomic E-state index is 13.0. The SMILES string of the molecule is CCCc1ccc(C(CC(F)(F)C(F)(F)F)OC)cc1. The lowest BCUT2D eigenvalue weighted by atomic mass is 10.00. The second-order valence-corrected chi connectivity index (χ2v) is 4.62. The molecular weight excluding hydrogens is 279 g/mol. The van der Waals surface area contributed by atoms with Crippen molar-refractivity contribution in [1.29, 1.82) is 0 Å². The van der Waals surface area contributed by atoms with Crippen LogP contribution in [0.15, 0.2) is 24.3 Å². The van der Waals surface area contributed by atoms with Gasteiger partial charge in [0.1, 0.15) is 0 Å². The number of benzene rings is 1. The Kier molecular flexibility index (Phi) is 5.50. The lowest BCUT2D eigenvalue weighted by Crippen LogP contribution is -2.38. The minimum Gasteiger partial charge on any atom is -0.377 e. The molecule has 0 heterocycles. The molecule has 114 valence electrons.